The van der Waals surface area contributed by atoms with Crippen LogP contribution in [-0.4, -0.2) is 5.91 Å². The third-order valence-corrected chi connectivity index (χ3v) is 5.55. The van der Waals surface area contributed by atoms with E-state index in [0.717, 1.165) is 23.1 Å². The maximum absolute atomic E-state index is 12.7. The normalized spacial score (nSPS) is 12.0. The topological polar surface area (TPSA) is 59.3 Å². The molecular weight excluding hydrogens is 386 g/mol. The lowest BCUT2D eigenvalue weighted by molar-refractivity contribution is 0.0940. The van der Waals surface area contributed by atoms with Gasteiger partial charge in [0.1, 0.15) is 11.3 Å². The van der Waals surface area contributed by atoms with Crippen LogP contribution < -0.4 is 10.7 Å². The first-order valence-corrected chi connectivity index (χ1v) is 10.5. The molecule has 31 heavy (non-hydrogen) atoms. The molecule has 1 N–H and O–H groups in total. The van der Waals surface area contributed by atoms with Gasteiger partial charge in [0.15, 0.2) is 5.43 Å². The first-order valence-electron chi connectivity index (χ1n) is 10.5. The van der Waals surface area contributed by atoms with Crippen LogP contribution in [0.4, 0.5) is 0 Å². The summed E-state index contributed by atoms with van der Waals surface area (Å²) in [5, 5.41) is 3.61. The molecule has 1 atom stereocenters. The average Bonchev–Trinajstić information content (AvgIpc) is 2.79. The molecule has 0 aliphatic carbocycles. The second-order valence-corrected chi connectivity index (χ2v) is 7.84. The molecule has 1 unspecified atom stereocenters. The van der Waals surface area contributed by atoms with Gasteiger partial charge in [0.2, 0.25) is 0 Å². The molecular formula is C27H25NO3. The van der Waals surface area contributed by atoms with Gasteiger partial charge in [-0.2, -0.15) is 0 Å². The van der Waals surface area contributed by atoms with Crippen LogP contribution in [0.15, 0.2) is 82.0 Å². The Balaban J connectivity index is 1.52. The number of aryl methyl sites for hydroxylation is 2. The van der Waals surface area contributed by atoms with Crippen LogP contribution in [0.5, 0.6) is 0 Å². The third-order valence-electron chi connectivity index (χ3n) is 5.55. The minimum atomic E-state index is -0.144. The molecule has 0 saturated carbocycles. The van der Waals surface area contributed by atoms with Crippen LogP contribution in [0.25, 0.3) is 22.3 Å². The largest absolute Gasteiger partial charge is 0.456 e. The van der Waals surface area contributed by atoms with Crippen LogP contribution in [0.3, 0.4) is 0 Å². The van der Waals surface area contributed by atoms with Crippen molar-refractivity contribution in [2.75, 3.05) is 0 Å². The van der Waals surface area contributed by atoms with E-state index in [9.17, 15) is 9.59 Å². The number of benzene rings is 3. The van der Waals surface area contributed by atoms with E-state index in [0.29, 0.717) is 22.3 Å². The van der Waals surface area contributed by atoms with Gasteiger partial charge in [0.05, 0.1) is 11.4 Å². The summed E-state index contributed by atoms with van der Waals surface area (Å²) in [6, 6.07) is 22.3. The van der Waals surface area contributed by atoms with E-state index >= 15 is 0 Å². The molecule has 0 aliphatic heterocycles. The summed E-state index contributed by atoms with van der Waals surface area (Å²) in [5.41, 5.74) is 5.13. The zero-order valence-electron chi connectivity index (χ0n) is 17.9. The van der Waals surface area contributed by atoms with Gasteiger partial charge in [-0.15, -0.1) is 0 Å². The van der Waals surface area contributed by atoms with Crippen molar-refractivity contribution in [2.45, 2.75) is 33.2 Å². The summed E-state index contributed by atoms with van der Waals surface area (Å²) in [5.74, 6) is 0.340. The number of nitrogens with one attached hydrogen (secondary N) is 1. The van der Waals surface area contributed by atoms with Gasteiger partial charge < -0.3 is 9.73 Å². The van der Waals surface area contributed by atoms with E-state index in [4.69, 9.17) is 4.42 Å². The molecule has 3 aromatic carbocycles. The fourth-order valence-electron chi connectivity index (χ4n) is 3.60. The van der Waals surface area contributed by atoms with E-state index in [-0.39, 0.29) is 17.4 Å². The Hall–Kier alpha value is -3.66. The minimum Gasteiger partial charge on any atom is -0.456 e. The van der Waals surface area contributed by atoms with E-state index in [1.54, 1.807) is 24.3 Å². The number of fused-ring (bicyclic) bond motifs is 1. The van der Waals surface area contributed by atoms with Crippen molar-refractivity contribution < 1.29 is 9.21 Å². The van der Waals surface area contributed by atoms with Crippen molar-refractivity contribution in [3.05, 3.63) is 105 Å². The molecule has 0 bridgehead atoms. The SMILES string of the molecule is CCc1ccc(C(C)NC(=O)c2ccc(-c3cc(=O)c4cc(C)ccc4o3)cc2)cc1. The van der Waals surface area contributed by atoms with Gasteiger partial charge in [-0.25, -0.2) is 0 Å². The summed E-state index contributed by atoms with van der Waals surface area (Å²) in [7, 11) is 0. The van der Waals surface area contributed by atoms with Crippen molar-refractivity contribution in [3.63, 3.8) is 0 Å². The molecule has 0 aliphatic rings. The molecule has 4 heteroatoms. The number of amides is 1. The van der Waals surface area contributed by atoms with Crippen molar-refractivity contribution >= 4 is 16.9 Å². The molecule has 4 nitrogen and oxygen atoms in total. The van der Waals surface area contributed by atoms with Gasteiger partial charge in [-0.1, -0.05) is 55.0 Å². The minimum absolute atomic E-state index is 0.0790. The molecule has 4 aromatic rings. The van der Waals surface area contributed by atoms with E-state index in [2.05, 4.69) is 36.5 Å². The Bertz CT molecular complexity index is 1290. The summed E-state index contributed by atoms with van der Waals surface area (Å²) in [6.45, 7) is 6.03. The van der Waals surface area contributed by atoms with E-state index < -0.39 is 0 Å². The highest BCUT2D eigenvalue weighted by Crippen LogP contribution is 2.23. The van der Waals surface area contributed by atoms with Gasteiger partial charge >= 0.3 is 0 Å². The molecule has 1 aromatic heterocycles. The third kappa shape index (κ3) is 4.43. The predicted octanol–water partition coefficient (Wildman–Crippen LogP) is 5.82. The summed E-state index contributed by atoms with van der Waals surface area (Å²) in [4.78, 5) is 25.1. The lowest BCUT2D eigenvalue weighted by Crippen LogP contribution is -2.26. The molecule has 0 fully saturated rings. The molecule has 4 rings (SSSR count). The van der Waals surface area contributed by atoms with Crippen molar-refractivity contribution in [1.29, 1.82) is 0 Å². The summed E-state index contributed by atoms with van der Waals surface area (Å²) >= 11 is 0. The number of carbonyl (C=O) groups is 1. The zero-order valence-corrected chi connectivity index (χ0v) is 17.9. The Morgan fingerprint density at radius 2 is 1.68 bits per heavy atom. The molecule has 0 spiro atoms. The number of rotatable bonds is 5. The van der Waals surface area contributed by atoms with Gasteiger partial charge in [0, 0.05) is 17.2 Å². The monoisotopic (exact) mass is 411 g/mol. The highest BCUT2D eigenvalue weighted by atomic mass is 16.3. The Labute approximate surface area is 181 Å². The van der Waals surface area contributed by atoms with Crippen LogP contribution in [0.1, 0.15) is 46.9 Å². The lowest BCUT2D eigenvalue weighted by atomic mass is 10.0. The van der Waals surface area contributed by atoms with Gasteiger partial charge in [0.25, 0.3) is 5.91 Å². The number of hydrogen-bond acceptors (Lipinski definition) is 3. The van der Waals surface area contributed by atoms with Gasteiger partial charge in [-0.3, -0.25) is 9.59 Å². The first-order chi connectivity index (χ1) is 14.9. The fourth-order valence-corrected chi connectivity index (χ4v) is 3.60. The van der Waals surface area contributed by atoms with Crippen LogP contribution in [0, 0.1) is 6.92 Å². The summed E-state index contributed by atoms with van der Waals surface area (Å²) < 4.78 is 5.92. The van der Waals surface area contributed by atoms with Crippen molar-refractivity contribution in [1.82, 2.24) is 5.32 Å². The second kappa shape index (κ2) is 8.60. The fraction of sp³-hybridized carbons (Fsp3) is 0.185. The maximum atomic E-state index is 12.7. The highest BCUT2D eigenvalue weighted by molar-refractivity contribution is 5.95. The standard InChI is InChI=1S/C27H25NO3/c1-4-19-6-8-20(9-7-19)18(3)28-27(30)22-12-10-21(11-13-22)26-16-24(29)23-15-17(2)5-14-25(23)31-26/h5-16,18H,4H2,1-3H3,(H,28,30). The average molecular weight is 412 g/mol. The van der Waals surface area contributed by atoms with E-state index in [1.165, 1.54) is 11.6 Å². The quantitative estimate of drug-likeness (QED) is 0.450. The molecule has 156 valence electrons. The first kappa shape index (κ1) is 20.6. The van der Waals surface area contributed by atoms with Gasteiger partial charge in [-0.05, 0) is 55.7 Å². The van der Waals surface area contributed by atoms with Crippen molar-refractivity contribution in [2.24, 2.45) is 0 Å². The molecule has 1 heterocycles. The predicted molar refractivity (Wildman–Crippen MR) is 124 cm³/mol. The Morgan fingerprint density at radius 1 is 0.968 bits per heavy atom. The van der Waals surface area contributed by atoms with Crippen LogP contribution >= 0.6 is 0 Å². The van der Waals surface area contributed by atoms with Crippen LogP contribution in [0.2, 0.25) is 0 Å². The molecule has 0 radical (unpaired) electrons. The zero-order chi connectivity index (χ0) is 22.0. The molecule has 0 saturated heterocycles. The number of hydrogen-bond donors (Lipinski definition) is 1. The van der Waals surface area contributed by atoms with Crippen molar-refractivity contribution in [3.8, 4) is 11.3 Å². The summed E-state index contributed by atoms with van der Waals surface area (Å²) in [6.07, 6.45) is 0.990. The number of carbonyl (C=O) groups excluding carboxylic acids is 1. The Kier molecular flexibility index (Phi) is 5.72. The lowest BCUT2D eigenvalue weighted by Gasteiger charge is -2.15. The van der Waals surface area contributed by atoms with Crippen LogP contribution in [-0.2, 0) is 6.42 Å². The van der Waals surface area contributed by atoms with E-state index in [1.807, 2.05) is 32.0 Å². The highest BCUT2D eigenvalue weighted by Gasteiger charge is 2.13. The Morgan fingerprint density at radius 3 is 2.35 bits per heavy atom. The molecule has 1 amide bonds. The second-order valence-electron chi connectivity index (χ2n) is 7.84. The maximum Gasteiger partial charge on any atom is 0.251 e. The smallest absolute Gasteiger partial charge is 0.251 e.